The first-order valence-electron chi connectivity index (χ1n) is 9.13. The highest BCUT2D eigenvalue weighted by Crippen LogP contribution is 2.25. The van der Waals surface area contributed by atoms with Crippen molar-refractivity contribution >= 4 is 27.3 Å². The van der Waals surface area contributed by atoms with E-state index in [0.29, 0.717) is 17.1 Å². The number of anilines is 2. The minimum absolute atomic E-state index is 0.00961. The molecule has 6 nitrogen and oxygen atoms in total. The highest BCUT2D eigenvalue weighted by atomic mass is 32.2. The molecule has 0 aliphatic carbocycles. The molecule has 2 aromatic rings. The number of benzene rings is 2. The lowest BCUT2D eigenvalue weighted by Crippen LogP contribution is -2.45. The quantitative estimate of drug-likeness (QED) is 0.760. The van der Waals surface area contributed by atoms with Crippen LogP contribution in [0.4, 0.5) is 11.4 Å². The molecule has 0 aromatic heterocycles. The van der Waals surface area contributed by atoms with E-state index in [-0.39, 0.29) is 6.10 Å². The van der Waals surface area contributed by atoms with Crippen molar-refractivity contribution in [3.05, 3.63) is 53.6 Å². The smallest absolute Gasteiger partial charge is 0.247 e. The van der Waals surface area contributed by atoms with E-state index in [1.165, 1.54) is 0 Å². The first-order chi connectivity index (χ1) is 13.0. The van der Waals surface area contributed by atoms with Gasteiger partial charge in [-0.15, -0.1) is 0 Å². The molecule has 0 spiro atoms. The third kappa shape index (κ3) is 5.48. The molecule has 1 N–H and O–H groups in total. The Hall–Kier alpha value is -2.54. The van der Waals surface area contributed by atoms with Crippen molar-refractivity contribution in [2.45, 2.75) is 46.8 Å². The monoisotopic (exact) mass is 404 g/mol. The zero-order valence-electron chi connectivity index (χ0n) is 17.2. The summed E-state index contributed by atoms with van der Waals surface area (Å²) >= 11 is 0. The molecule has 0 aliphatic rings. The van der Waals surface area contributed by atoms with Crippen LogP contribution in [0, 0.1) is 13.8 Å². The molecular weight excluding hydrogens is 376 g/mol. The summed E-state index contributed by atoms with van der Waals surface area (Å²) in [5.74, 6) is 0.208. The van der Waals surface area contributed by atoms with Crippen LogP contribution >= 0.6 is 0 Å². The number of hydrogen-bond donors (Lipinski definition) is 1. The van der Waals surface area contributed by atoms with Crippen LogP contribution in [0.1, 0.15) is 31.9 Å². The van der Waals surface area contributed by atoms with Crippen LogP contribution < -0.4 is 14.4 Å². The highest BCUT2D eigenvalue weighted by molar-refractivity contribution is 7.92. The molecule has 0 saturated heterocycles. The predicted molar refractivity (Wildman–Crippen MR) is 114 cm³/mol. The van der Waals surface area contributed by atoms with Gasteiger partial charge in [0.05, 0.1) is 18.0 Å². The van der Waals surface area contributed by atoms with Crippen molar-refractivity contribution < 1.29 is 17.9 Å². The summed E-state index contributed by atoms with van der Waals surface area (Å²) in [4.78, 5) is 12.8. The van der Waals surface area contributed by atoms with Gasteiger partial charge in [-0.1, -0.05) is 12.1 Å². The number of ether oxygens (including phenoxy) is 1. The van der Waals surface area contributed by atoms with Crippen LogP contribution in [0.15, 0.2) is 42.5 Å². The number of hydrogen-bond acceptors (Lipinski definition) is 4. The lowest BCUT2D eigenvalue weighted by molar-refractivity contribution is -0.116. The van der Waals surface area contributed by atoms with Gasteiger partial charge in [0.2, 0.25) is 15.9 Å². The van der Waals surface area contributed by atoms with Crippen LogP contribution in [-0.4, -0.2) is 32.7 Å². The Balaban J connectivity index is 2.28. The van der Waals surface area contributed by atoms with Crippen LogP contribution in [-0.2, 0) is 14.8 Å². The number of nitrogens with zero attached hydrogens (tertiary/aromatic N) is 1. The average molecular weight is 405 g/mol. The fourth-order valence-corrected chi connectivity index (χ4v) is 4.00. The van der Waals surface area contributed by atoms with Gasteiger partial charge in [0.15, 0.2) is 0 Å². The average Bonchev–Trinajstić information content (AvgIpc) is 2.56. The maximum atomic E-state index is 12.8. The maximum Gasteiger partial charge on any atom is 0.247 e. The second-order valence-electron chi connectivity index (χ2n) is 7.19. The lowest BCUT2D eigenvalue weighted by Gasteiger charge is -2.28. The fourth-order valence-electron chi connectivity index (χ4n) is 2.84. The second kappa shape index (κ2) is 8.65. The maximum absolute atomic E-state index is 12.8. The summed E-state index contributed by atoms with van der Waals surface area (Å²) in [7, 11) is -3.66. The van der Waals surface area contributed by atoms with E-state index in [4.69, 9.17) is 4.74 Å². The van der Waals surface area contributed by atoms with Gasteiger partial charge in [-0.3, -0.25) is 9.10 Å². The SMILES string of the molecule is Cc1ccc(N([C@H](C)C(=O)Nc2cccc(OC(C)C)c2)S(C)(=O)=O)cc1C. The zero-order valence-corrected chi connectivity index (χ0v) is 18.0. The molecule has 0 fully saturated rings. The predicted octanol–water partition coefficient (Wildman–Crippen LogP) is 3.88. The van der Waals surface area contributed by atoms with E-state index in [2.05, 4.69) is 5.32 Å². The molecule has 0 saturated carbocycles. The summed E-state index contributed by atoms with van der Waals surface area (Å²) in [5, 5.41) is 2.78. The normalized spacial score (nSPS) is 12.5. The van der Waals surface area contributed by atoms with Gasteiger partial charge < -0.3 is 10.1 Å². The van der Waals surface area contributed by atoms with Crippen LogP contribution in [0.25, 0.3) is 0 Å². The van der Waals surface area contributed by atoms with E-state index in [0.717, 1.165) is 21.7 Å². The summed E-state index contributed by atoms with van der Waals surface area (Å²) in [6, 6.07) is 11.4. The number of sulfonamides is 1. The molecule has 0 unspecified atom stereocenters. The van der Waals surface area contributed by atoms with Crippen molar-refractivity contribution in [1.82, 2.24) is 0 Å². The molecule has 2 aromatic carbocycles. The first-order valence-corrected chi connectivity index (χ1v) is 11.0. The third-order valence-electron chi connectivity index (χ3n) is 4.31. The number of carbonyl (C=O) groups excluding carboxylic acids is 1. The largest absolute Gasteiger partial charge is 0.491 e. The standard InChI is InChI=1S/C21H28N2O4S/c1-14(2)27-20-9-7-8-18(13-20)22-21(24)17(5)23(28(6,25)26)19-11-10-15(3)16(4)12-19/h7-14,17H,1-6H3,(H,22,24)/t17-/m1/s1. The molecule has 0 radical (unpaired) electrons. The van der Waals surface area contributed by atoms with Gasteiger partial charge in [0.1, 0.15) is 11.8 Å². The number of rotatable bonds is 7. The highest BCUT2D eigenvalue weighted by Gasteiger charge is 2.29. The Kier molecular flexibility index (Phi) is 6.72. The van der Waals surface area contributed by atoms with Gasteiger partial charge in [-0.25, -0.2) is 8.42 Å². The Bertz CT molecular complexity index is 955. The fraction of sp³-hybridized carbons (Fsp3) is 0.381. The van der Waals surface area contributed by atoms with Gasteiger partial charge >= 0.3 is 0 Å². The number of carbonyl (C=O) groups is 1. The molecule has 7 heteroatoms. The van der Waals surface area contributed by atoms with E-state index in [1.54, 1.807) is 43.3 Å². The molecule has 1 atom stereocenters. The molecular formula is C21H28N2O4S. The van der Waals surface area contributed by atoms with E-state index in [9.17, 15) is 13.2 Å². The topological polar surface area (TPSA) is 75.7 Å². The van der Waals surface area contributed by atoms with E-state index < -0.39 is 22.0 Å². The Labute approximate surface area is 167 Å². The zero-order chi connectivity index (χ0) is 21.1. The number of aryl methyl sites for hydroxylation is 2. The Morgan fingerprint density at radius 3 is 2.29 bits per heavy atom. The first kappa shape index (κ1) is 21.8. The third-order valence-corrected chi connectivity index (χ3v) is 5.55. The van der Waals surface area contributed by atoms with E-state index in [1.807, 2.05) is 33.8 Å². The van der Waals surface area contributed by atoms with Crippen molar-refractivity contribution in [2.24, 2.45) is 0 Å². The van der Waals surface area contributed by atoms with Crippen molar-refractivity contribution in [1.29, 1.82) is 0 Å². The number of amides is 1. The summed E-state index contributed by atoms with van der Waals surface area (Å²) in [5.41, 5.74) is 3.02. The van der Waals surface area contributed by atoms with Crippen molar-refractivity contribution in [2.75, 3.05) is 15.9 Å². The molecule has 0 heterocycles. The van der Waals surface area contributed by atoms with Crippen molar-refractivity contribution in [3.63, 3.8) is 0 Å². The molecule has 0 bridgehead atoms. The van der Waals surface area contributed by atoms with Crippen LogP contribution in [0.3, 0.4) is 0 Å². The summed E-state index contributed by atoms with van der Waals surface area (Å²) in [6.45, 7) is 9.26. The minimum atomic E-state index is -3.66. The van der Waals surface area contributed by atoms with Gasteiger partial charge in [-0.2, -0.15) is 0 Å². The molecule has 152 valence electrons. The number of nitrogens with one attached hydrogen (secondary N) is 1. The van der Waals surface area contributed by atoms with E-state index >= 15 is 0 Å². The van der Waals surface area contributed by atoms with Gasteiger partial charge in [0, 0.05) is 11.8 Å². The summed E-state index contributed by atoms with van der Waals surface area (Å²) in [6.07, 6.45) is 1.11. The molecule has 1 amide bonds. The second-order valence-corrected chi connectivity index (χ2v) is 9.05. The van der Waals surface area contributed by atoms with Gasteiger partial charge in [-0.05, 0) is 70.0 Å². The Morgan fingerprint density at radius 1 is 1.04 bits per heavy atom. The Morgan fingerprint density at radius 2 is 1.71 bits per heavy atom. The molecule has 0 aliphatic heterocycles. The minimum Gasteiger partial charge on any atom is -0.491 e. The van der Waals surface area contributed by atoms with Gasteiger partial charge in [0.25, 0.3) is 0 Å². The van der Waals surface area contributed by atoms with Crippen LogP contribution in [0.5, 0.6) is 5.75 Å². The van der Waals surface area contributed by atoms with Crippen LogP contribution in [0.2, 0.25) is 0 Å². The lowest BCUT2D eigenvalue weighted by atomic mass is 10.1. The molecule has 28 heavy (non-hydrogen) atoms. The van der Waals surface area contributed by atoms with Crippen molar-refractivity contribution in [3.8, 4) is 5.75 Å². The molecule has 2 rings (SSSR count). The summed E-state index contributed by atoms with van der Waals surface area (Å²) < 4.78 is 31.6.